The second-order valence-electron chi connectivity index (χ2n) is 4.40. The Bertz CT molecular complexity index is 660. The van der Waals surface area contributed by atoms with Gasteiger partial charge in [-0.1, -0.05) is 6.08 Å². The molecular formula is C13H16N4O2. The molecule has 0 aliphatic rings. The van der Waals surface area contributed by atoms with E-state index in [2.05, 4.69) is 16.7 Å². The van der Waals surface area contributed by atoms with Crippen LogP contribution in [0, 0.1) is 6.92 Å². The Balaban J connectivity index is 2.83. The number of hydrogen-bond acceptors (Lipinski definition) is 4. The van der Waals surface area contributed by atoms with Crippen molar-refractivity contribution in [3.8, 4) is 0 Å². The summed E-state index contributed by atoms with van der Waals surface area (Å²) in [4.78, 5) is 17.4. The molecule has 2 heterocycles. The van der Waals surface area contributed by atoms with Gasteiger partial charge in [-0.05, 0) is 6.92 Å². The number of fused-ring (bicyclic) bond motifs is 1. The van der Waals surface area contributed by atoms with Gasteiger partial charge in [-0.3, -0.25) is 4.68 Å². The van der Waals surface area contributed by atoms with E-state index in [0.29, 0.717) is 17.9 Å². The second kappa shape index (κ2) is 4.72. The van der Waals surface area contributed by atoms with E-state index >= 15 is 0 Å². The first-order valence-corrected chi connectivity index (χ1v) is 5.85. The van der Waals surface area contributed by atoms with Gasteiger partial charge in [0.15, 0.2) is 5.65 Å². The van der Waals surface area contributed by atoms with Crippen LogP contribution in [0.1, 0.15) is 16.1 Å². The van der Waals surface area contributed by atoms with E-state index in [9.17, 15) is 9.90 Å². The molecule has 0 spiro atoms. The number of carbonyl (C=O) groups is 1. The molecule has 6 heteroatoms. The van der Waals surface area contributed by atoms with E-state index in [1.165, 1.54) is 6.20 Å². The highest BCUT2D eigenvalue weighted by atomic mass is 16.4. The lowest BCUT2D eigenvalue weighted by Gasteiger charge is -2.20. The van der Waals surface area contributed by atoms with E-state index in [-0.39, 0.29) is 5.56 Å². The molecule has 0 atom stereocenters. The van der Waals surface area contributed by atoms with Crippen LogP contribution in [0.5, 0.6) is 0 Å². The van der Waals surface area contributed by atoms with E-state index < -0.39 is 5.97 Å². The molecule has 0 fully saturated rings. The van der Waals surface area contributed by atoms with Gasteiger partial charge in [0.25, 0.3) is 0 Å². The van der Waals surface area contributed by atoms with Crippen LogP contribution in [-0.4, -0.2) is 39.4 Å². The Kier molecular flexibility index (Phi) is 3.25. The maximum atomic E-state index is 11.4. The first-order valence-electron chi connectivity index (χ1n) is 5.85. The number of carboxylic acid groups (broad SMARTS) is 1. The minimum absolute atomic E-state index is 0.174. The zero-order valence-electron chi connectivity index (χ0n) is 11.2. The molecule has 2 aromatic heterocycles. The Hall–Kier alpha value is -2.37. The maximum Gasteiger partial charge on any atom is 0.339 e. The number of carboxylic acids is 1. The van der Waals surface area contributed by atoms with Gasteiger partial charge >= 0.3 is 5.97 Å². The van der Waals surface area contributed by atoms with Crippen LogP contribution in [-0.2, 0) is 7.05 Å². The van der Waals surface area contributed by atoms with Crippen molar-refractivity contribution in [3.63, 3.8) is 0 Å². The number of anilines is 1. The maximum absolute atomic E-state index is 11.4. The summed E-state index contributed by atoms with van der Waals surface area (Å²) in [6.45, 7) is 6.08. The van der Waals surface area contributed by atoms with Gasteiger partial charge in [-0.15, -0.1) is 6.58 Å². The number of nitrogens with zero attached hydrogens (tertiary/aromatic N) is 4. The van der Waals surface area contributed by atoms with Gasteiger partial charge < -0.3 is 10.0 Å². The zero-order valence-corrected chi connectivity index (χ0v) is 11.2. The van der Waals surface area contributed by atoms with Crippen molar-refractivity contribution in [2.24, 2.45) is 7.05 Å². The van der Waals surface area contributed by atoms with E-state index in [4.69, 9.17) is 0 Å². The zero-order chi connectivity index (χ0) is 14.2. The second-order valence-corrected chi connectivity index (χ2v) is 4.40. The van der Waals surface area contributed by atoms with E-state index in [1.54, 1.807) is 17.8 Å². The number of aromatic carboxylic acids is 1. The van der Waals surface area contributed by atoms with Gasteiger partial charge in [-0.25, -0.2) is 9.78 Å². The molecular weight excluding hydrogens is 244 g/mol. The molecule has 0 aliphatic carbocycles. The van der Waals surface area contributed by atoms with Crippen LogP contribution in [0.25, 0.3) is 11.0 Å². The highest BCUT2D eigenvalue weighted by Gasteiger charge is 2.21. The fourth-order valence-electron chi connectivity index (χ4n) is 2.23. The van der Waals surface area contributed by atoms with Gasteiger partial charge in [0.05, 0.1) is 16.8 Å². The third-order valence-corrected chi connectivity index (χ3v) is 3.01. The van der Waals surface area contributed by atoms with Crippen LogP contribution >= 0.6 is 0 Å². The largest absolute Gasteiger partial charge is 0.478 e. The molecule has 0 saturated heterocycles. The molecule has 6 nitrogen and oxygen atoms in total. The Morgan fingerprint density at radius 1 is 1.63 bits per heavy atom. The van der Waals surface area contributed by atoms with E-state index in [0.717, 1.165) is 11.1 Å². The Labute approximate surface area is 111 Å². The quantitative estimate of drug-likeness (QED) is 0.845. The van der Waals surface area contributed by atoms with Crippen molar-refractivity contribution < 1.29 is 9.90 Å². The molecule has 2 aromatic rings. The minimum Gasteiger partial charge on any atom is -0.478 e. The highest BCUT2D eigenvalue weighted by Crippen LogP contribution is 2.31. The average molecular weight is 260 g/mol. The van der Waals surface area contributed by atoms with Crippen LogP contribution in [0.4, 0.5) is 5.69 Å². The molecule has 0 radical (unpaired) electrons. The molecule has 100 valence electrons. The monoisotopic (exact) mass is 260 g/mol. The third-order valence-electron chi connectivity index (χ3n) is 3.01. The fourth-order valence-corrected chi connectivity index (χ4v) is 2.23. The third kappa shape index (κ3) is 2.05. The van der Waals surface area contributed by atoms with Crippen molar-refractivity contribution in [2.45, 2.75) is 6.92 Å². The van der Waals surface area contributed by atoms with Crippen LogP contribution in [0.15, 0.2) is 18.9 Å². The van der Waals surface area contributed by atoms with Crippen molar-refractivity contribution in [1.29, 1.82) is 0 Å². The van der Waals surface area contributed by atoms with Gasteiger partial charge in [-0.2, -0.15) is 5.10 Å². The Morgan fingerprint density at radius 2 is 2.32 bits per heavy atom. The number of likely N-dealkylation sites (N-methyl/N-ethyl adjacent to an activating group) is 1. The van der Waals surface area contributed by atoms with Crippen LogP contribution < -0.4 is 4.90 Å². The molecule has 0 saturated carbocycles. The number of aryl methyl sites for hydroxylation is 2. The summed E-state index contributed by atoms with van der Waals surface area (Å²) in [6, 6.07) is 0. The molecule has 0 bridgehead atoms. The first-order chi connectivity index (χ1) is 8.97. The molecule has 0 amide bonds. The molecule has 19 heavy (non-hydrogen) atoms. The first kappa shape index (κ1) is 13.1. The lowest BCUT2D eigenvalue weighted by Crippen LogP contribution is -2.20. The lowest BCUT2D eigenvalue weighted by atomic mass is 10.1. The average Bonchev–Trinajstić information content (AvgIpc) is 2.64. The summed E-state index contributed by atoms with van der Waals surface area (Å²) in [5, 5.41) is 14.4. The van der Waals surface area contributed by atoms with Crippen LogP contribution in [0.2, 0.25) is 0 Å². The molecule has 0 aromatic carbocycles. The van der Waals surface area contributed by atoms with Crippen molar-refractivity contribution >= 4 is 22.7 Å². The van der Waals surface area contributed by atoms with Crippen LogP contribution in [0.3, 0.4) is 0 Å². The van der Waals surface area contributed by atoms with Crippen molar-refractivity contribution in [3.05, 3.63) is 30.1 Å². The van der Waals surface area contributed by atoms with Gasteiger partial charge in [0.1, 0.15) is 5.56 Å². The standard InChI is InChI=1S/C13H16N4O2/c1-5-6-16(3)11-9(13(18)19)7-14-12-10(11)8(2)15-17(12)4/h5,7H,1,6H2,2-4H3,(H,18,19). The topological polar surface area (TPSA) is 71.2 Å². The number of rotatable bonds is 4. The Morgan fingerprint density at radius 3 is 2.89 bits per heavy atom. The number of hydrogen-bond donors (Lipinski definition) is 1. The molecule has 0 unspecified atom stereocenters. The van der Waals surface area contributed by atoms with Crippen molar-refractivity contribution in [1.82, 2.24) is 14.8 Å². The predicted molar refractivity (Wildman–Crippen MR) is 73.7 cm³/mol. The highest BCUT2D eigenvalue weighted by molar-refractivity contribution is 6.04. The predicted octanol–water partition coefficient (Wildman–Crippen LogP) is 1.60. The smallest absolute Gasteiger partial charge is 0.339 e. The van der Waals surface area contributed by atoms with Gasteiger partial charge in [0.2, 0.25) is 0 Å². The molecule has 2 rings (SSSR count). The number of pyridine rings is 1. The summed E-state index contributed by atoms with van der Waals surface area (Å²) >= 11 is 0. The summed E-state index contributed by atoms with van der Waals surface area (Å²) in [6.07, 6.45) is 3.10. The lowest BCUT2D eigenvalue weighted by molar-refractivity contribution is 0.0697. The van der Waals surface area contributed by atoms with Gasteiger partial charge in [0, 0.05) is 26.8 Å². The molecule has 0 aliphatic heterocycles. The molecule has 1 N–H and O–H groups in total. The van der Waals surface area contributed by atoms with Crippen molar-refractivity contribution in [2.75, 3.05) is 18.5 Å². The van der Waals surface area contributed by atoms with E-state index in [1.807, 2.05) is 18.9 Å². The normalized spacial score (nSPS) is 10.7. The minimum atomic E-state index is -0.997. The number of aromatic nitrogens is 3. The SMILES string of the molecule is C=CCN(C)c1c(C(=O)O)cnc2c1c(C)nn2C. The fraction of sp³-hybridized carbons (Fsp3) is 0.308. The summed E-state index contributed by atoms with van der Waals surface area (Å²) in [7, 11) is 3.62. The summed E-state index contributed by atoms with van der Waals surface area (Å²) in [5.41, 5.74) is 2.24. The summed E-state index contributed by atoms with van der Waals surface area (Å²) in [5.74, 6) is -0.997. The summed E-state index contributed by atoms with van der Waals surface area (Å²) < 4.78 is 1.65.